The Morgan fingerprint density at radius 1 is 1.43 bits per heavy atom. The average molecular weight is 231 g/mol. The van der Waals surface area contributed by atoms with E-state index in [1.807, 2.05) is 18.2 Å². The van der Waals surface area contributed by atoms with Crippen LogP contribution >= 0.6 is 23.2 Å². The van der Waals surface area contributed by atoms with Crippen molar-refractivity contribution < 1.29 is 4.74 Å². The van der Waals surface area contributed by atoms with Gasteiger partial charge in [0.05, 0.1) is 24.7 Å². The van der Waals surface area contributed by atoms with Gasteiger partial charge in [-0.25, -0.2) is 0 Å². The molecule has 0 spiro atoms. The Bertz CT molecular complexity index is 390. The van der Waals surface area contributed by atoms with Crippen molar-refractivity contribution in [2.75, 3.05) is 12.4 Å². The molecule has 0 aliphatic carbocycles. The molecule has 3 nitrogen and oxygen atoms in total. The number of rotatable bonds is 1. The van der Waals surface area contributed by atoms with Gasteiger partial charge in [0.15, 0.2) is 0 Å². The van der Waals surface area contributed by atoms with E-state index in [9.17, 15) is 0 Å². The second kappa shape index (κ2) is 3.33. The van der Waals surface area contributed by atoms with Gasteiger partial charge >= 0.3 is 0 Å². The van der Waals surface area contributed by atoms with Gasteiger partial charge in [0.1, 0.15) is 5.75 Å². The fourth-order valence-corrected chi connectivity index (χ4v) is 1.51. The fourth-order valence-electron chi connectivity index (χ4n) is 1.21. The normalized spacial score (nSPS) is 17.1. The number of nitrogens with zero attached hydrogens (tertiary/aromatic N) is 1. The van der Waals surface area contributed by atoms with Crippen LogP contribution in [0, 0.1) is 0 Å². The molecule has 0 fully saturated rings. The van der Waals surface area contributed by atoms with Crippen LogP contribution in [0.5, 0.6) is 5.75 Å². The number of hydrogen-bond donors (Lipinski definition) is 1. The van der Waals surface area contributed by atoms with E-state index in [1.165, 1.54) is 6.21 Å². The molecular formula is C9H8Cl2N2O. The Kier molecular flexibility index (Phi) is 2.29. The molecule has 1 heterocycles. The maximum absolute atomic E-state index is 5.85. The van der Waals surface area contributed by atoms with Gasteiger partial charge in [0.2, 0.25) is 4.46 Å². The maximum atomic E-state index is 5.85. The molecule has 1 aromatic rings. The van der Waals surface area contributed by atoms with Gasteiger partial charge < -0.3 is 10.1 Å². The van der Waals surface area contributed by atoms with Crippen molar-refractivity contribution in [2.24, 2.45) is 4.99 Å². The fraction of sp³-hybridized carbons (Fsp3) is 0.222. The van der Waals surface area contributed by atoms with Crippen LogP contribution in [-0.4, -0.2) is 17.8 Å². The van der Waals surface area contributed by atoms with E-state index < -0.39 is 4.46 Å². The zero-order valence-electron chi connectivity index (χ0n) is 7.42. The van der Waals surface area contributed by atoms with Gasteiger partial charge in [0, 0.05) is 6.07 Å². The number of ether oxygens (including phenoxy) is 1. The minimum atomic E-state index is -1.12. The third-order valence-electron chi connectivity index (χ3n) is 1.87. The Labute approximate surface area is 91.7 Å². The average Bonchev–Trinajstić information content (AvgIpc) is 2.16. The molecule has 0 saturated carbocycles. The van der Waals surface area contributed by atoms with Crippen LogP contribution in [-0.2, 0) is 0 Å². The molecule has 0 saturated heterocycles. The zero-order valence-corrected chi connectivity index (χ0v) is 8.93. The zero-order chi connectivity index (χ0) is 10.2. The minimum absolute atomic E-state index is 0.749. The van der Waals surface area contributed by atoms with Crippen LogP contribution in [0.2, 0.25) is 0 Å². The Morgan fingerprint density at radius 2 is 2.21 bits per heavy atom. The number of aliphatic imine (C=N–C) groups is 1. The molecule has 0 radical (unpaired) electrons. The quantitative estimate of drug-likeness (QED) is 0.595. The number of fused-ring (bicyclic) bond motifs is 1. The van der Waals surface area contributed by atoms with Crippen molar-refractivity contribution >= 4 is 40.8 Å². The molecule has 0 bridgehead atoms. The molecule has 0 atom stereocenters. The second-order valence-corrected chi connectivity index (χ2v) is 4.28. The lowest BCUT2D eigenvalue weighted by molar-refractivity contribution is 0.415. The van der Waals surface area contributed by atoms with Gasteiger partial charge in [-0.2, -0.15) is 0 Å². The van der Waals surface area contributed by atoms with E-state index in [0.717, 1.165) is 17.1 Å². The largest absolute Gasteiger partial charge is 0.497 e. The van der Waals surface area contributed by atoms with Gasteiger partial charge in [-0.05, 0) is 12.1 Å². The molecule has 2 rings (SSSR count). The van der Waals surface area contributed by atoms with Gasteiger partial charge in [-0.15, -0.1) is 0 Å². The summed E-state index contributed by atoms with van der Waals surface area (Å²) in [5.74, 6) is 0.749. The number of anilines is 1. The van der Waals surface area contributed by atoms with Gasteiger partial charge in [0.25, 0.3) is 0 Å². The van der Waals surface area contributed by atoms with Crippen LogP contribution in [0.4, 0.5) is 11.4 Å². The van der Waals surface area contributed by atoms with Crippen molar-refractivity contribution in [2.45, 2.75) is 4.46 Å². The number of alkyl halides is 2. The highest BCUT2D eigenvalue weighted by Crippen LogP contribution is 2.36. The first-order valence-electron chi connectivity index (χ1n) is 4.00. The predicted molar refractivity (Wildman–Crippen MR) is 59.2 cm³/mol. The first-order valence-corrected chi connectivity index (χ1v) is 4.75. The first kappa shape index (κ1) is 9.62. The van der Waals surface area contributed by atoms with Crippen molar-refractivity contribution in [3.05, 3.63) is 18.2 Å². The lowest BCUT2D eigenvalue weighted by atomic mass is 10.2. The molecular weight excluding hydrogens is 223 g/mol. The molecule has 1 aliphatic heterocycles. The Morgan fingerprint density at radius 3 is 2.93 bits per heavy atom. The highest BCUT2D eigenvalue weighted by atomic mass is 35.5. The van der Waals surface area contributed by atoms with E-state index >= 15 is 0 Å². The van der Waals surface area contributed by atoms with Crippen LogP contribution in [0.3, 0.4) is 0 Å². The molecule has 0 amide bonds. The van der Waals surface area contributed by atoms with E-state index in [1.54, 1.807) is 7.11 Å². The van der Waals surface area contributed by atoms with Gasteiger partial charge in [-0.1, -0.05) is 23.2 Å². The van der Waals surface area contributed by atoms with E-state index in [4.69, 9.17) is 27.9 Å². The molecule has 14 heavy (non-hydrogen) atoms. The smallest absolute Gasteiger partial charge is 0.224 e. The summed E-state index contributed by atoms with van der Waals surface area (Å²) < 4.78 is 3.94. The SMILES string of the molecule is COc1ccc2c(c1)N=CC(Cl)(Cl)N2. The van der Waals surface area contributed by atoms with Crippen molar-refractivity contribution in [3.8, 4) is 5.75 Å². The maximum Gasteiger partial charge on any atom is 0.224 e. The first-order chi connectivity index (χ1) is 6.61. The third-order valence-corrected chi connectivity index (χ3v) is 2.26. The van der Waals surface area contributed by atoms with E-state index in [-0.39, 0.29) is 0 Å². The second-order valence-electron chi connectivity index (χ2n) is 2.89. The predicted octanol–water partition coefficient (Wildman–Crippen LogP) is 2.95. The summed E-state index contributed by atoms with van der Waals surface area (Å²) in [6, 6.07) is 5.45. The molecule has 5 heteroatoms. The molecule has 0 unspecified atom stereocenters. The van der Waals surface area contributed by atoms with E-state index in [0.29, 0.717) is 0 Å². The minimum Gasteiger partial charge on any atom is -0.497 e. The number of hydrogen-bond acceptors (Lipinski definition) is 3. The van der Waals surface area contributed by atoms with Crippen LogP contribution in [0.25, 0.3) is 0 Å². The third kappa shape index (κ3) is 1.79. The van der Waals surface area contributed by atoms with Crippen molar-refractivity contribution in [3.63, 3.8) is 0 Å². The summed E-state index contributed by atoms with van der Waals surface area (Å²) >= 11 is 11.7. The number of benzene rings is 1. The van der Waals surface area contributed by atoms with E-state index in [2.05, 4.69) is 10.3 Å². The molecule has 1 aliphatic rings. The standard InChI is InChI=1S/C9H8Cl2N2O/c1-14-6-2-3-7-8(4-6)12-5-9(10,11)13-7/h2-5,13H,1H3. The Balaban J connectivity index is 2.41. The number of methoxy groups -OCH3 is 1. The van der Waals surface area contributed by atoms with Crippen LogP contribution in [0.15, 0.2) is 23.2 Å². The molecule has 1 N–H and O–H groups in total. The molecule has 74 valence electrons. The lowest BCUT2D eigenvalue weighted by Gasteiger charge is -2.23. The lowest BCUT2D eigenvalue weighted by Crippen LogP contribution is -2.28. The summed E-state index contributed by atoms with van der Waals surface area (Å²) in [7, 11) is 1.61. The Hall–Kier alpha value is -0.930. The summed E-state index contributed by atoms with van der Waals surface area (Å²) in [6.45, 7) is 0. The van der Waals surface area contributed by atoms with Crippen LogP contribution < -0.4 is 10.1 Å². The van der Waals surface area contributed by atoms with Crippen LogP contribution in [0.1, 0.15) is 0 Å². The summed E-state index contributed by atoms with van der Waals surface area (Å²) in [5.41, 5.74) is 1.56. The highest BCUT2D eigenvalue weighted by molar-refractivity contribution is 6.57. The molecule has 1 aromatic carbocycles. The monoisotopic (exact) mass is 230 g/mol. The van der Waals surface area contributed by atoms with Crippen molar-refractivity contribution in [1.29, 1.82) is 0 Å². The van der Waals surface area contributed by atoms with Crippen molar-refractivity contribution in [1.82, 2.24) is 0 Å². The highest BCUT2D eigenvalue weighted by Gasteiger charge is 2.25. The molecule has 0 aromatic heterocycles. The summed E-state index contributed by atoms with van der Waals surface area (Å²) in [5, 5.41) is 2.91. The number of halogens is 2. The van der Waals surface area contributed by atoms with Gasteiger partial charge in [-0.3, -0.25) is 4.99 Å². The number of nitrogens with one attached hydrogen (secondary N) is 1. The summed E-state index contributed by atoms with van der Waals surface area (Å²) in [6.07, 6.45) is 1.44. The topological polar surface area (TPSA) is 33.6 Å². The summed E-state index contributed by atoms with van der Waals surface area (Å²) in [4.78, 5) is 4.12.